The molecule has 0 fully saturated rings. The predicted octanol–water partition coefficient (Wildman–Crippen LogP) is 1.87. The lowest BCUT2D eigenvalue weighted by atomic mass is 10.1. The zero-order valence-electron chi connectivity index (χ0n) is 8.75. The van der Waals surface area contributed by atoms with Crippen LogP contribution in [-0.2, 0) is 7.05 Å². The zero-order chi connectivity index (χ0) is 9.68. The lowest BCUT2D eigenvalue weighted by Gasteiger charge is -2.13. The molecule has 0 radical (unpaired) electrons. The van der Waals surface area contributed by atoms with Gasteiger partial charge in [-0.05, 0) is 25.5 Å². The van der Waals surface area contributed by atoms with Crippen LogP contribution >= 0.6 is 0 Å². The molecule has 74 valence electrons. The fraction of sp³-hybridized carbons (Fsp3) is 0.700. The molecule has 1 unspecified atom stereocenters. The quantitative estimate of drug-likeness (QED) is 0.751. The fourth-order valence-corrected chi connectivity index (χ4v) is 1.40. The second kappa shape index (κ2) is 5.02. The van der Waals surface area contributed by atoms with Crippen molar-refractivity contribution in [3.05, 3.63) is 18.0 Å². The second-order valence-electron chi connectivity index (χ2n) is 3.33. The van der Waals surface area contributed by atoms with E-state index in [9.17, 15) is 0 Å². The molecule has 0 aliphatic rings. The molecule has 0 bridgehead atoms. The van der Waals surface area contributed by atoms with Gasteiger partial charge < -0.3 is 5.32 Å². The van der Waals surface area contributed by atoms with Gasteiger partial charge in [0.25, 0.3) is 0 Å². The summed E-state index contributed by atoms with van der Waals surface area (Å²) >= 11 is 0. The van der Waals surface area contributed by atoms with Gasteiger partial charge in [-0.3, -0.25) is 4.68 Å². The van der Waals surface area contributed by atoms with Gasteiger partial charge in [0.05, 0.1) is 11.7 Å². The molecule has 1 aromatic rings. The van der Waals surface area contributed by atoms with E-state index in [4.69, 9.17) is 0 Å². The highest BCUT2D eigenvalue weighted by Gasteiger charge is 2.09. The van der Waals surface area contributed by atoms with Crippen LogP contribution in [0.3, 0.4) is 0 Å². The van der Waals surface area contributed by atoms with Crippen LogP contribution in [0.2, 0.25) is 0 Å². The van der Waals surface area contributed by atoms with Crippen LogP contribution in [0, 0.1) is 0 Å². The number of aromatic nitrogens is 2. The van der Waals surface area contributed by atoms with Crippen molar-refractivity contribution in [2.45, 2.75) is 32.7 Å². The second-order valence-corrected chi connectivity index (χ2v) is 3.33. The Kier molecular flexibility index (Phi) is 3.96. The average Bonchev–Trinajstić information content (AvgIpc) is 2.54. The van der Waals surface area contributed by atoms with Gasteiger partial charge in [0.2, 0.25) is 0 Å². The van der Waals surface area contributed by atoms with Crippen molar-refractivity contribution >= 4 is 0 Å². The van der Waals surface area contributed by atoms with Crippen LogP contribution in [0.5, 0.6) is 0 Å². The summed E-state index contributed by atoms with van der Waals surface area (Å²) in [5, 5.41) is 7.86. The highest BCUT2D eigenvalue weighted by Crippen LogP contribution is 2.13. The summed E-state index contributed by atoms with van der Waals surface area (Å²) in [6.45, 7) is 5.43. The van der Waals surface area contributed by atoms with E-state index in [0.717, 1.165) is 18.7 Å². The average molecular weight is 181 g/mol. The molecule has 3 nitrogen and oxygen atoms in total. The first-order chi connectivity index (χ1) is 6.27. The number of hydrogen-bond donors (Lipinski definition) is 1. The maximum atomic E-state index is 4.39. The van der Waals surface area contributed by atoms with Crippen LogP contribution < -0.4 is 5.32 Å². The van der Waals surface area contributed by atoms with Crippen LogP contribution in [0.25, 0.3) is 0 Å². The van der Waals surface area contributed by atoms with Gasteiger partial charge >= 0.3 is 0 Å². The van der Waals surface area contributed by atoms with Crippen molar-refractivity contribution in [3.63, 3.8) is 0 Å². The molecule has 0 aromatic carbocycles. The maximum Gasteiger partial charge on any atom is 0.0793 e. The SMILES string of the molecule is CCCNC(CC)c1ccn(C)n1. The van der Waals surface area contributed by atoms with E-state index >= 15 is 0 Å². The first-order valence-electron chi connectivity index (χ1n) is 5.00. The van der Waals surface area contributed by atoms with Gasteiger partial charge in [0.15, 0.2) is 0 Å². The normalized spacial score (nSPS) is 13.2. The summed E-state index contributed by atoms with van der Waals surface area (Å²) < 4.78 is 1.85. The first-order valence-corrected chi connectivity index (χ1v) is 5.00. The molecule has 1 N–H and O–H groups in total. The van der Waals surface area contributed by atoms with E-state index in [2.05, 4.69) is 30.3 Å². The van der Waals surface area contributed by atoms with Gasteiger partial charge in [-0.2, -0.15) is 5.10 Å². The lowest BCUT2D eigenvalue weighted by Crippen LogP contribution is -2.21. The van der Waals surface area contributed by atoms with E-state index in [1.165, 1.54) is 6.42 Å². The predicted molar refractivity (Wildman–Crippen MR) is 54.5 cm³/mol. The molecular weight excluding hydrogens is 162 g/mol. The van der Waals surface area contributed by atoms with Gasteiger partial charge in [0, 0.05) is 13.2 Å². The van der Waals surface area contributed by atoms with Crippen molar-refractivity contribution < 1.29 is 0 Å². The maximum absolute atomic E-state index is 4.39. The summed E-state index contributed by atoms with van der Waals surface area (Å²) in [4.78, 5) is 0. The molecule has 13 heavy (non-hydrogen) atoms. The van der Waals surface area contributed by atoms with E-state index in [1.807, 2.05) is 17.9 Å². The number of rotatable bonds is 5. The van der Waals surface area contributed by atoms with Crippen molar-refractivity contribution in [1.29, 1.82) is 0 Å². The van der Waals surface area contributed by atoms with Crippen molar-refractivity contribution in [2.75, 3.05) is 6.54 Å². The number of nitrogens with one attached hydrogen (secondary N) is 1. The highest BCUT2D eigenvalue weighted by molar-refractivity contribution is 5.04. The molecule has 0 saturated carbocycles. The van der Waals surface area contributed by atoms with Crippen LogP contribution in [0.1, 0.15) is 38.4 Å². The molecule has 1 atom stereocenters. The van der Waals surface area contributed by atoms with E-state index in [0.29, 0.717) is 6.04 Å². The van der Waals surface area contributed by atoms with Gasteiger partial charge in [0.1, 0.15) is 0 Å². The largest absolute Gasteiger partial charge is 0.309 e. The molecule has 0 aliphatic carbocycles. The van der Waals surface area contributed by atoms with Crippen molar-refractivity contribution in [3.8, 4) is 0 Å². The first kappa shape index (κ1) is 10.3. The Bertz CT molecular complexity index is 242. The molecule has 0 amide bonds. The topological polar surface area (TPSA) is 29.9 Å². The third-order valence-corrected chi connectivity index (χ3v) is 2.14. The zero-order valence-corrected chi connectivity index (χ0v) is 8.75. The fourth-order valence-electron chi connectivity index (χ4n) is 1.40. The summed E-state index contributed by atoms with van der Waals surface area (Å²) in [5.41, 5.74) is 1.15. The van der Waals surface area contributed by atoms with Gasteiger partial charge in [-0.1, -0.05) is 13.8 Å². The smallest absolute Gasteiger partial charge is 0.0793 e. The third-order valence-electron chi connectivity index (χ3n) is 2.14. The Hall–Kier alpha value is -0.830. The Morgan fingerprint density at radius 2 is 2.31 bits per heavy atom. The molecule has 0 aliphatic heterocycles. The summed E-state index contributed by atoms with van der Waals surface area (Å²) in [5.74, 6) is 0. The third kappa shape index (κ3) is 2.84. The molecule has 0 saturated heterocycles. The van der Waals surface area contributed by atoms with Gasteiger partial charge in [-0.15, -0.1) is 0 Å². The van der Waals surface area contributed by atoms with E-state index in [1.54, 1.807) is 0 Å². The molecule has 3 heteroatoms. The monoisotopic (exact) mass is 181 g/mol. The number of hydrogen-bond acceptors (Lipinski definition) is 2. The number of nitrogens with zero attached hydrogens (tertiary/aromatic N) is 2. The molecule has 1 aromatic heterocycles. The Morgan fingerprint density at radius 1 is 1.54 bits per heavy atom. The minimum Gasteiger partial charge on any atom is -0.309 e. The Balaban J connectivity index is 2.56. The summed E-state index contributed by atoms with van der Waals surface area (Å²) in [7, 11) is 1.95. The Morgan fingerprint density at radius 3 is 2.77 bits per heavy atom. The lowest BCUT2D eigenvalue weighted by molar-refractivity contribution is 0.500. The summed E-state index contributed by atoms with van der Waals surface area (Å²) in [6.07, 6.45) is 4.26. The standard InChI is InChI=1S/C10H19N3/c1-4-7-11-9(5-2)10-6-8-13(3)12-10/h6,8-9,11H,4-5,7H2,1-3H3. The van der Waals surface area contributed by atoms with E-state index in [-0.39, 0.29) is 0 Å². The Labute approximate surface area is 80.1 Å². The van der Waals surface area contributed by atoms with Crippen LogP contribution in [0.4, 0.5) is 0 Å². The van der Waals surface area contributed by atoms with E-state index < -0.39 is 0 Å². The summed E-state index contributed by atoms with van der Waals surface area (Å²) in [6, 6.07) is 2.50. The minimum absolute atomic E-state index is 0.418. The van der Waals surface area contributed by atoms with Crippen molar-refractivity contribution in [1.82, 2.24) is 15.1 Å². The van der Waals surface area contributed by atoms with Crippen molar-refractivity contribution in [2.24, 2.45) is 7.05 Å². The van der Waals surface area contributed by atoms with Gasteiger partial charge in [-0.25, -0.2) is 0 Å². The minimum atomic E-state index is 0.418. The molecule has 1 rings (SSSR count). The number of aryl methyl sites for hydroxylation is 1. The van der Waals surface area contributed by atoms with Crippen LogP contribution in [0.15, 0.2) is 12.3 Å². The van der Waals surface area contributed by atoms with Crippen LogP contribution in [-0.4, -0.2) is 16.3 Å². The highest BCUT2D eigenvalue weighted by atomic mass is 15.3. The molecule has 1 heterocycles. The molecular formula is C10H19N3. The molecule has 0 spiro atoms.